The first kappa shape index (κ1) is 20.8. The van der Waals surface area contributed by atoms with Crippen molar-refractivity contribution >= 4 is 34.9 Å². The highest BCUT2D eigenvalue weighted by Gasteiger charge is 2.34. The fourth-order valence-corrected chi connectivity index (χ4v) is 3.51. The SMILES string of the molecule is Cc1ccn(-c2cc(NCCNC(=O)C3CC(=O)N(c4ccc(Cl)cc4)C3)ncn2)n1. The van der Waals surface area contributed by atoms with Gasteiger partial charge < -0.3 is 15.5 Å². The fraction of sp³-hybridized carbons (Fsp3) is 0.286. The molecule has 2 amide bonds. The van der Waals surface area contributed by atoms with Crippen LogP contribution in [-0.4, -0.2) is 51.2 Å². The van der Waals surface area contributed by atoms with Crippen LogP contribution in [0.25, 0.3) is 5.82 Å². The summed E-state index contributed by atoms with van der Waals surface area (Å²) in [6, 6.07) is 10.7. The molecule has 2 aromatic heterocycles. The van der Waals surface area contributed by atoms with Crippen LogP contribution in [0.5, 0.6) is 0 Å². The number of halogens is 1. The molecule has 31 heavy (non-hydrogen) atoms. The topological polar surface area (TPSA) is 105 Å². The summed E-state index contributed by atoms with van der Waals surface area (Å²) in [4.78, 5) is 34.8. The minimum atomic E-state index is -0.378. The molecule has 1 atom stereocenters. The number of carbonyl (C=O) groups is 2. The molecular weight excluding hydrogens is 418 g/mol. The van der Waals surface area contributed by atoms with Crippen LogP contribution in [0.4, 0.5) is 11.5 Å². The Kier molecular flexibility index (Phi) is 6.13. The van der Waals surface area contributed by atoms with Crippen molar-refractivity contribution < 1.29 is 9.59 Å². The van der Waals surface area contributed by atoms with Crippen LogP contribution in [0, 0.1) is 12.8 Å². The largest absolute Gasteiger partial charge is 0.368 e. The van der Waals surface area contributed by atoms with Crippen LogP contribution in [0.2, 0.25) is 5.02 Å². The summed E-state index contributed by atoms with van der Waals surface area (Å²) in [7, 11) is 0. The van der Waals surface area contributed by atoms with Gasteiger partial charge in [0.2, 0.25) is 11.8 Å². The highest BCUT2D eigenvalue weighted by atomic mass is 35.5. The van der Waals surface area contributed by atoms with Crippen LogP contribution in [0.1, 0.15) is 12.1 Å². The second-order valence-corrected chi connectivity index (χ2v) is 7.70. The predicted octanol–water partition coefficient (Wildman–Crippen LogP) is 2.21. The number of rotatable bonds is 7. The molecule has 3 aromatic rings. The minimum absolute atomic E-state index is 0.0667. The van der Waals surface area contributed by atoms with Gasteiger partial charge in [0.25, 0.3) is 0 Å². The van der Waals surface area contributed by atoms with Gasteiger partial charge in [0.15, 0.2) is 5.82 Å². The number of aromatic nitrogens is 4. The van der Waals surface area contributed by atoms with Crippen LogP contribution in [0.15, 0.2) is 48.9 Å². The maximum atomic E-state index is 12.5. The molecular formula is C21H22ClN7O2. The van der Waals surface area contributed by atoms with Crippen LogP contribution in [-0.2, 0) is 9.59 Å². The van der Waals surface area contributed by atoms with E-state index in [9.17, 15) is 9.59 Å². The number of nitrogens with one attached hydrogen (secondary N) is 2. The number of amides is 2. The van der Waals surface area contributed by atoms with Crippen molar-refractivity contribution in [3.05, 3.63) is 59.6 Å². The van der Waals surface area contributed by atoms with Gasteiger partial charge in [-0.2, -0.15) is 5.10 Å². The van der Waals surface area contributed by atoms with Crippen molar-refractivity contribution in [2.75, 3.05) is 29.9 Å². The Morgan fingerprint density at radius 2 is 2.00 bits per heavy atom. The van der Waals surface area contributed by atoms with Crippen molar-refractivity contribution in [3.63, 3.8) is 0 Å². The third-order valence-electron chi connectivity index (χ3n) is 4.97. The average molecular weight is 440 g/mol. The lowest BCUT2D eigenvalue weighted by atomic mass is 10.1. The smallest absolute Gasteiger partial charge is 0.227 e. The second-order valence-electron chi connectivity index (χ2n) is 7.26. The highest BCUT2D eigenvalue weighted by molar-refractivity contribution is 6.30. The minimum Gasteiger partial charge on any atom is -0.368 e. The van der Waals surface area contributed by atoms with E-state index in [1.54, 1.807) is 39.9 Å². The lowest BCUT2D eigenvalue weighted by Crippen LogP contribution is -2.35. The lowest BCUT2D eigenvalue weighted by molar-refractivity contribution is -0.126. The predicted molar refractivity (Wildman–Crippen MR) is 117 cm³/mol. The van der Waals surface area contributed by atoms with E-state index in [4.69, 9.17) is 11.6 Å². The van der Waals surface area contributed by atoms with Gasteiger partial charge >= 0.3 is 0 Å². The van der Waals surface area contributed by atoms with Crippen molar-refractivity contribution in [2.24, 2.45) is 5.92 Å². The summed E-state index contributed by atoms with van der Waals surface area (Å²) in [5.41, 5.74) is 1.65. The van der Waals surface area contributed by atoms with Gasteiger partial charge in [0.05, 0.1) is 11.6 Å². The molecule has 2 N–H and O–H groups in total. The molecule has 0 saturated carbocycles. The number of benzene rings is 1. The molecule has 9 nitrogen and oxygen atoms in total. The average Bonchev–Trinajstić information content (AvgIpc) is 3.38. The summed E-state index contributed by atoms with van der Waals surface area (Å²) in [5, 5.41) is 11.0. The number of anilines is 2. The second kappa shape index (κ2) is 9.13. The first-order valence-electron chi connectivity index (χ1n) is 9.92. The summed E-state index contributed by atoms with van der Waals surface area (Å²) in [6.45, 7) is 3.16. The Hall–Kier alpha value is -3.46. The highest BCUT2D eigenvalue weighted by Crippen LogP contribution is 2.26. The number of hydrogen-bond donors (Lipinski definition) is 2. The molecule has 1 unspecified atom stereocenters. The van der Waals surface area contributed by atoms with E-state index in [2.05, 4.69) is 25.7 Å². The molecule has 1 aromatic carbocycles. The summed E-state index contributed by atoms with van der Waals surface area (Å²) < 4.78 is 1.67. The monoisotopic (exact) mass is 439 g/mol. The van der Waals surface area contributed by atoms with Crippen LogP contribution >= 0.6 is 11.6 Å². The Labute approximate surface area is 184 Å². The first-order valence-corrected chi connectivity index (χ1v) is 10.3. The lowest BCUT2D eigenvalue weighted by Gasteiger charge is -2.17. The van der Waals surface area contributed by atoms with Gasteiger partial charge in [0, 0.05) is 49.0 Å². The third-order valence-corrected chi connectivity index (χ3v) is 5.23. The molecule has 1 saturated heterocycles. The molecule has 1 fully saturated rings. The van der Waals surface area contributed by atoms with Gasteiger partial charge in [-0.1, -0.05) is 11.6 Å². The molecule has 0 bridgehead atoms. The number of aryl methyl sites for hydroxylation is 1. The Morgan fingerprint density at radius 1 is 1.19 bits per heavy atom. The van der Waals surface area contributed by atoms with E-state index >= 15 is 0 Å². The van der Waals surface area contributed by atoms with Gasteiger partial charge in [-0.15, -0.1) is 0 Å². The first-order chi connectivity index (χ1) is 15.0. The van der Waals surface area contributed by atoms with Crippen molar-refractivity contribution in [1.82, 2.24) is 25.1 Å². The van der Waals surface area contributed by atoms with E-state index in [1.807, 2.05) is 19.2 Å². The molecule has 0 radical (unpaired) electrons. The maximum absolute atomic E-state index is 12.5. The van der Waals surface area contributed by atoms with Crippen LogP contribution in [0.3, 0.4) is 0 Å². The van der Waals surface area contributed by atoms with Gasteiger partial charge in [-0.05, 0) is 37.3 Å². The fourth-order valence-electron chi connectivity index (χ4n) is 3.39. The molecule has 160 valence electrons. The Balaban J connectivity index is 1.25. The van der Waals surface area contributed by atoms with Gasteiger partial charge in [0.1, 0.15) is 12.1 Å². The van der Waals surface area contributed by atoms with Crippen LogP contribution < -0.4 is 15.5 Å². The molecule has 3 heterocycles. The normalized spacial score (nSPS) is 15.9. The Morgan fingerprint density at radius 3 is 2.74 bits per heavy atom. The molecule has 0 aliphatic carbocycles. The molecule has 1 aliphatic rings. The quantitative estimate of drug-likeness (QED) is 0.547. The van der Waals surface area contributed by atoms with E-state index < -0.39 is 0 Å². The summed E-state index contributed by atoms with van der Waals surface area (Å²) in [6.07, 6.45) is 3.49. The molecule has 4 rings (SSSR count). The molecule has 10 heteroatoms. The van der Waals surface area contributed by atoms with E-state index in [0.29, 0.717) is 36.3 Å². The molecule has 0 spiro atoms. The summed E-state index contributed by atoms with van der Waals surface area (Å²) >= 11 is 5.90. The maximum Gasteiger partial charge on any atom is 0.227 e. The van der Waals surface area contributed by atoms with E-state index in [-0.39, 0.29) is 24.2 Å². The van der Waals surface area contributed by atoms with E-state index in [0.717, 1.165) is 11.4 Å². The van der Waals surface area contributed by atoms with E-state index in [1.165, 1.54) is 6.33 Å². The Bertz CT molecular complexity index is 1080. The number of nitrogens with zero attached hydrogens (tertiary/aromatic N) is 5. The van der Waals surface area contributed by atoms with Crippen molar-refractivity contribution in [2.45, 2.75) is 13.3 Å². The number of hydrogen-bond acceptors (Lipinski definition) is 6. The summed E-state index contributed by atoms with van der Waals surface area (Å²) in [5.74, 6) is 0.709. The van der Waals surface area contributed by atoms with Gasteiger partial charge in [-0.25, -0.2) is 14.6 Å². The van der Waals surface area contributed by atoms with Crippen molar-refractivity contribution in [3.8, 4) is 5.82 Å². The third kappa shape index (κ3) is 5.00. The zero-order chi connectivity index (χ0) is 21.8. The molecule has 1 aliphatic heterocycles. The number of carbonyl (C=O) groups excluding carboxylic acids is 2. The zero-order valence-corrected chi connectivity index (χ0v) is 17.7. The standard InChI is InChI=1S/C21H22ClN7O2/c1-14-6-9-29(27-14)19-11-18(25-13-26-19)23-7-8-24-21(31)15-10-20(30)28(12-15)17-4-2-16(22)3-5-17/h2-6,9,11,13,15H,7-8,10,12H2,1H3,(H,24,31)(H,23,25,26). The van der Waals surface area contributed by atoms with Crippen molar-refractivity contribution in [1.29, 1.82) is 0 Å². The van der Waals surface area contributed by atoms with Gasteiger partial charge in [-0.3, -0.25) is 9.59 Å². The zero-order valence-electron chi connectivity index (χ0n) is 17.0.